The minimum absolute atomic E-state index is 0.0570. The number of benzene rings is 2. The van der Waals surface area contributed by atoms with Gasteiger partial charge in [-0.25, -0.2) is 8.78 Å². The molecule has 2 rings (SSSR count). The fourth-order valence-electron chi connectivity index (χ4n) is 1.71. The molecule has 0 aromatic heterocycles. The molecule has 1 nitrogen and oxygen atoms in total. The number of nitrogens with one attached hydrogen (secondary N) is 1. The van der Waals surface area contributed by atoms with Gasteiger partial charge in [0.05, 0.1) is 10.0 Å². The first-order valence-corrected chi connectivity index (χ1v) is 6.61. The third kappa shape index (κ3) is 3.93. The van der Waals surface area contributed by atoms with Gasteiger partial charge in [-0.05, 0) is 51.8 Å². The summed E-state index contributed by atoms with van der Waals surface area (Å²) in [6.07, 6.45) is -4.74. The first kappa shape index (κ1) is 15.8. The number of alkyl halides is 3. The summed E-state index contributed by atoms with van der Waals surface area (Å²) >= 11 is 3.01. The molecule has 0 unspecified atom stereocenters. The lowest BCUT2D eigenvalue weighted by atomic mass is 10.1. The molecule has 1 N–H and O–H groups in total. The summed E-state index contributed by atoms with van der Waals surface area (Å²) in [5.41, 5.74) is -0.507. The zero-order chi connectivity index (χ0) is 15.6. The molecule has 0 aliphatic heterocycles. The number of anilines is 1. The highest BCUT2D eigenvalue weighted by atomic mass is 79.9. The van der Waals surface area contributed by atoms with Crippen LogP contribution in [-0.2, 0) is 12.7 Å². The van der Waals surface area contributed by atoms with Crippen molar-refractivity contribution >= 4 is 21.6 Å². The summed E-state index contributed by atoms with van der Waals surface area (Å²) in [4.78, 5) is 0. The maximum absolute atomic E-state index is 13.1. The lowest BCUT2D eigenvalue weighted by Gasteiger charge is -2.11. The Morgan fingerprint density at radius 2 is 1.62 bits per heavy atom. The molecule has 0 saturated heterocycles. The number of hydrogen-bond donors (Lipinski definition) is 1. The van der Waals surface area contributed by atoms with Crippen LogP contribution < -0.4 is 5.32 Å². The SMILES string of the molecule is Fc1ccc(NCc2ccc(F)c(C(F)(F)F)c2)cc1Br. The smallest absolute Gasteiger partial charge is 0.381 e. The molecule has 0 aliphatic rings. The molecule has 0 heterocycles. The van der Waals surface area contributed by atoms with Crippen molar-refractivity contribution in [1.82, 2.24) is 0 Å². The molecule has 0 fully saturated rings. The van der Waals surface area contributed by atoms with E-state index in [0.717, 1.165) is 12.1 Å². The van der Waals surface area contributed by atoms with Crippen molar-refractivity contribution in [3.63, 3.8) is 0 Å². The standard InChI is InChI=1S/C14H9BrF5N/c15-11-6-9(2-4-13(11)17)21-7-8-1-3-12(16)10(5-8)14(18,19)20/h1-6,21H,7H2. The summed E-state index contributed by atoms with van der Waals surface area (Å²) in [7, 11) is 0. The van der Waals surface area contributed by atoms with Crippen LogP contribution in [0.4, 0.5) is 27.6 Å². The van der Waals surface area contributed by atoms with Crippen LogP contribution in [0.3, 0.4) is 0 Å². The second-order valence-electron chi connectivity index (χ2n) is 4.29. The van der Waals surface area contributed by atoms with Crippen LogP contribution in [0, 0.1) is 11.6 Å². The summed E-state index contributed by atoms with van der Waals surface area (Å²) in [6, 6.07) is 6.92. The Morgan fingerprint density at radius 1 is 0.952 bits per heavy atom. The number of hydrogen-bond acceptors (Lipinski definition) is 1. The van der Waals surface area contributed by atoms with Crippen LogP contribution in [0.1, 0.15) is 11.1 Å². The molecule has 7 heteroatoms. The van der Waals surface area contributed by atoms with Gasteiger partial charge in [-0.3, -0.25) is 0 Å². The first-order chi connectivity index (χ1) is 9.77. The van der Waals surface area contributed by atoms with E-state index in [2.05, 4.69) is 21.2 Å². The van der Waals surface area contributed by atoms with Crippen molar-refractivity contribution in [2.75, 3.05) is 5.32 Å². The van der Waals surface area contributed by atoms with Crippen molar-refractivity contribution in [1.29, 1.82) is 0 Å². The largest absolute Gasteiger partial charge is 0.419 e. The molecule has 0 bridgehead atoms. The van der Waals surface area contributed by atoms with E-state index in [1.54, 1.807) is 0 Å². The first-order valence-electron chi connectivity index (χ1n) is 5.82. The molecule has 0 atom stereocenters. The van der Waals surface area contributed by atoms with Crippen molar-refractivity contribution in [3.8, 4) is 0 Å². The highest BCUT2D eigenvalue weighted by Crippen LogP contribution is 2.32. The minimum Gasteiger partial charge on any atom is -0.381 e. The molecule has 112 valence electrons. The van der Waals surface area contributed by atoms with Gasteiger partial charge in [0, 0.05) is 12.2 Å². The van der Waals surface area contributed by atoms with E-state index in [0.29, 0.717) is 5.69 Å². The molecule has 0 saturated carbocycles. The Kier molecular flexibility index (Phi) is 4.51. The van der Waals surface area contributed by atoms with E-state index in [4.69, 9.17) is 0 Å². The summed E-state index contributed by atoms with van der Waals surface area (Å²) in [5.74, 6) is -1.75. The van der Waals surface area contributed by atoms with Crippen LogP contribution in [-0.4, -0.2) is 0 Å². The second kappa shape index (κ2) is 6.01. The van der Waals surface area contributed by atoms with Gasteiger partial charge in [-0.15, -0.1) is 0 Å². The predicted octanol–water partition coefficient (Wildman–Crippen LogP) is 5.36. The van der Waals surface area contributed by atoms with Crippen LogP contribution in [0.5, 0.6) is 0 Å². The Bertz CT molecular complexity index is 654. The highest BCUT2D eigenvalue weighted by molar-refractivity contribution is 9.10. The normalized spacial score (nSPS) is 11.5. The Hall–Kier alpha value is -1.63. The molecule has 0 spiro atoms. The third-order valence-corrected chi connectivity index (χ3v) is 3.36. The molecule has 0 aliphatic carbocycles. The minimum atomic E-state index is -4.74. The van der Waals surface area contributed by atoms with Gasteiger partial charge in [0.2, 0.25) is 0 Å². The Balaban J connectivity index is 2.15. The summed E-state index contributed by atoms with van der Waals surface area (Å²) in [5, 5.41) is 2.84. The van der Waals surface area contributed by atoms with Crippen LogP contribution in [0.15, 0.2) is 40.9 Å². The zero-order valence-corrected chi connectivity index (χ0v) is 12.0. The number of rotatable bonds is 3. The molecule has 2 aromatic carbocycles. The van der Waals surface area contributed by atoms with E-state index in [9.17, 15) is 22.0 Å². The summed E-state index contributed by atoms with van der Waals surface area (Å²) < 4.78 is 64.2. The van der Waals surface area contributed by atoms with Gasteiger partial charge in [0.25, 0.3) is 0 Å². The van der Waals surface area contributed by atoms with Crippen LogP contribution in [0.25, 0.3) is 0 Å². The van der Waals surface area contributed by atoms with E-state index >= 15 is 0 Å². The van der Waals surface area contributed by atoms with Crippen molar-refractivity contribution < 1.29 is 22.0 Å². The topological polar surface area (TPSA) is 12.0 Å². The van der Waals surface area contributed by atoms with E-state index in [-0.39, 0.29) is 16.6 Å². The number of halogens is 6. The maximum atomic E-state index is 13.1. The monoisotopic (exact) mass is 365 g/mol. The Labute approximate surface area is 125 Å². The van der Waals surface area contributed by atoms with Gasteiger partial charge < -0.3 is 5.32 Å². The van der Waals surface area contributed by atoms with Crippen LogP contribution in [0.2, 0.25) is 0 Å². The molecular weight excluding hydrogens is 357 g/mol. The van der Waals surface area contributed by atoms with Crippen LogP contribution >= 0.6 is 15.9 Å². The average molecular weight is 366 g/mol. The fourth-order valence-corrected chi connectivity index (χ4v) is 2.09. The lowest BCUT2D eigenvalue weighted by Crippen LogP contribution is -2.10. The molecule has 0 amide bonds. The quantitative estimate of drug-likeness (QED) is 0.722. The van der Waals surface area contributed by atoms with Crippen molar-refractivity contribution in [2.24, 2.45) is 0 Å². The van der Waals surface area contributed by atoms with Gasteiger partial charge in [0.1, 0.15) is 11.6 Å². The van der Waals surface area contributed by atoms with Gasteiger partial charge in [-0.1, -0.05) is 6.07 Å². The molecule has 21 heavy (non-hydrogen) atoms. The molecular formula is C14H9BrF5N. The highest BCUT2D eigenvalue weighted by Gasteiger charge is 2.34. The lowest BCUT2D eigenvalue weighted by molar-refractivity contribution is -0.140. The average Bonchev–Trinajstić information content (AvgIpc) is 2.40. The van der Waals surface area contributed by atoms with Crippen molar-refractivity contribution in [2.45, 2.75) is 12.7 Å². The molecule has 0 radical (unpaired) electrons. The zero-order valence-electron chi connectivity index (χ0n) is 10.4. The van der Waals surface area contributed by atoms with E-state index < -0.39 is 23.4 Å². The van der Waals surface area contributed by atoms with Gasteiger partial charge in [-0.2, -0.15) is 13.2 Å². The fraction of sp³-hybridized carbons (Fsp3) is 0.143. The predicted molar refractivity (Wildman–Crippen MR) is 72.8 cm³/mol. The van der Waals surface area contributed by atoms with Crippen molar-refractivity contribution in [3.05, 3.63) is 63.6 Å². The molecule has 2 aromatic rings. The maximum Gasteiger partial charge on any atom is 0.419 e. The Morgan fingerprint density at radius 3 is 2.24 bits per heavy atom. The van der Waals surface area contributed by atoms with E-state index in [1.165, 1.54) is 24.3 Å². The summed E-state index contributed by atoms with van der Waals surface area (Å²) in [6.45, 7) is 0.0570. The van der Waals surface area contributed by atoms with E-state index in [1.807, 2.05) is 0 Å². The second-order valence-corrected chi connectivity index (χ2v) is 5.15. The van der Waals surface area contributed by atoms with Gasteiger partial charge in [0.15, 0.2) is 0 Å². The van der Waals surface area contributed by atoms with Gasteiger partial charge >= 0.3 is 6.18 Å². The third-order valence-electron chi connectivity index (χ3n) is 2.75.